The van der Waals surface area contributed by atoms with Gasteiger partial charge in [-0.3, -0.25) is 5.32 Å². The fourth-order valence-electron chi connectivity index (χ4n) is 2.48. The van der Waals surface area contributed by atoms with E-state index in [2.05, 4.69) is 30.2 Å². The molecule has 4 aromatic rings. The minimum atomic E-state index is -0.606. The van der Waals surface area contributed by atoms with Crippen LogP contribution in [0.4, 0.5) is 10.5 Å². The molecule has 2 heterocycles. The summed E-state index contributed by atoms with van der Waals surface area (Å²) in [4.78, 5) is 20.3. The second-order valence-electron chi connectivity index (χ2n) is 5.43. The second kappa shape index (κ2) is 7.00. The molecule has 1 N–H and O–H groups in total. The van der Waals surface area contributed by atoms with Gasteiger partial charge < -0.3 is 9.15 Å². The molecule has 9 heteroatoms. The van der Waals surface area contributed by atoms with Crippen molar-refractivity contribution in [1.82, 2.24) is 20.2 Å². The van der Waals surface area contributed by atoms with E-state index < -0.39 is 6.09 Å². The van der Waals surface area contributed by atoms with Crippen molar-refractivity contribution in [3.05, 3.63) is 53.7 Å². The number of amides is 1. The molecular formula is C18H12ClN5O3. The molecule has 0 bridgehead atoms. The van der Waals surface area contributed by atoms with E-state index in [1.54, 1.807) is 24.3 Å². The average Bonchev–Trinajstić information content (AvgIpc) is 3.17. The van der Waals surface area contributed by atoms with E-state index in [-0.39, 0.29) is 22.6 Å². The Morgan fingerprint density at radius 3 is 2.44 bits per heavy atom. The lowest BCUT2D eigenvalue weighted by atomic mass is 10.2. The Kier molecular flexibility index (Phi) is 4.39. The number of hydrogen-bond donors (Lipinski definition) is 1. The minimum Gasteiger partial charge on any atom is -0.453 e. The van der Waals surface area contributed by atoms with E-state index in [4.69, 9.17) is 16.0 Å². The first-order chi connectivity index (χ1) is 13.2. The van der Waals surface area contributed by atoms with Gasteiger partial charge in [0.15, 0.2) is 10.8 Å². The van der Waals surface area contributed by atoms with Gasteiger partial charge in [0.25, 0.3) is 5.89 Å². The molecule has 0 atom stereocenters. The molecule has 27 heavy (non-hydrogen) atoms. The molecule has 2 aromatic carbocycles. The summed E-state index contributed by atoms with van der Waals surface area (Å²) in [7, 11) is 1.28. The topological polar surface area (TPSA) is 103 Å². The third-order valence-corrected chi connectivity index (χ3v) is 4.00. The number of rotatable bonds is 3. The molecule has 2 aromatic heterocycles. The molecule has 0 saturated carbocycles. The average molecular weight is 382 g/mol. The Balaban J connectivity index is 1.75. The van der Waals surface area contributed by atoms with Gasteiger partial charge in [0, 0.05) is 0 Å². The van der Waals surface area contributed by atoms with Crippen molar-refractivity contribution in [2.45, 2.75) is 0 Å². The van der Waals surface area contributed by atoms with Crippen molar-refractivity contribution in [2.24, 2.45) is 0 Å². The van der Waals surface area contributed by atoms with Gasteiger partial charge in [-0.15, -0.1) is 10.2 Å². The van der Waals surface area contributed by atoms with E-state index in [1.807, 2.05) is 24.3 Å². The second-order valence-corrected chi connectivity index (χ2v) is 5.78. The number of aromatic nitrogens is 4. The van der Waals surface area contributed by atoms with Crippen molar-refractivity contribution < 1.29 is 13.9 Å². The van der Waals surface area contributed by atoms with Crippen LogP contribution < -0.4 is 5.32 Å². The van der Waals surface area contributed by atoms with Gasteiger partial charge in [0.1, 0.15) is 0 Å². The third kappa shape index (κ3) is 3.30. The zero-order chi connectivity index (χ0) is 18.8. The maximum atomic E-state index is 11.5. The highest BCUT2D eigenvalue weighted by atomic mass is 35.5. The van der Waals surface area contributed by atoms with E-state index in [0.717, 1.165) is 0 Å². The number of carbonyl (C=O) groups is 1. The molecule has 0 aliphatic heterocycles. The number of methoxy groups -OCH3 is 1. The van der Waals surface area contributed by atoms with Crippen molar-refractivity contribution in [3.8, 4) is 23.0 Å². The lowest BCUT2D eigenvalue weighted by molar-refractivity contribution is 0.187. The van der Waals surface area contributed by atoms with Crippen LogP contribution in [-0.4, -0.2) is 33.4 Å². The molecule has 0 radical (unpaired) electrons. The van der Waals surface area contributed by atoms with Crippen LogP contribution in [-0.2, 0) is 4.74 Å². The number of benzene rings is 2. The third-order valence-electron chi connectivity index (χ3n) is 3.74. The van der Waals surface area contributed by atoms with Crippen molar-refractivity contribution in [2.75, 3.05) is 12.4 Å². The van der Waals surface area contributed by atoms with Crippen LogP contribution in [0.5, 0.6) is 0 Å². The smallest absolute Gasteiger partial charge is 0.411 e. The number of anilines is 1. The fraction of sp³-hybridized carbons (Fsp3) is 0.0556. The molecule has 0 unspecified atom stereocenters. The molecule has 8 nitrogen and oxygen atoms in total. The minimum absolute atomic E-state index is 0.126. The fourth-order valence-corrected chi connectivity index (χ4v) is 2.70. The highest BCUT2D eigenvalue weighted by molar-refractivity contribution is 6.32. The molecule has 0 fully saturated rings. The SMILES string of the molecule is COC(=O)Nc1ccccc1-c1nnc(-c2nc3ccccc3nc2Cl)o1. The van der Waals surface area contributed by atoms with E-state index in [9.17, 15) is 4.79 Å². The summed E-state index contributed by atoms with van der Waals surface area (Å²) in [6, 6.07) is 14.3. The number of nitrogens with zero attached hydrogens (tertiary/aromatic N) is 4. The molecule has 0 aliphatic rings. The Morgan fingerprint density at radius 1 is 1.00 bits per heavy atom. The van der Waals surface area contributed by atoms with Crippen LogP contribution in [0.15, 0.2) is 52.9 Å². The molecular weight excluding hydrogens is 370 g/mol. The van der Waals surface area contributed by atoms with E-state index in [1.165, 1.54) is 7.11 Å². The standard InChI is InChI=1S/C18H12ClN5O3/c1-26-18(25)22-11-7-3-2-6-10(11)16-23-24-17(27-16)14-15(19)21-13-9-5-4-8-12(13)20-14/h2-9H,1H3,(H,22,25). The summed E-state index contributed by atoms with van der Waals surface area (Å²) in [6.07, 6.45) is -0.606. The number of fused-ring (bicyclic) bond motifs is 1. The van der Waals surface area contributed by atoms with Crippen molar-refractivity contribution >= 4 is 34.4 Å². The first-order valence-corrected chi connectivity index (χ1v) is 8.24. The number of para-hydroxylation sites is 3. The number of nitrogens with one attached hydrogen (secondary N) is 1. The molecule has 0 spiro atoms. The maximum absolute atomic E-state index is 11.5. The van der Waals surface area contributed by atoms with Crippen LogP contribution in [0.1, 0.15) is 0 Å². The predicted octanol–water partition coefficient (Wildman–Crippen LogP) is 4.18. The number of hydrogen-bond acceptors (Lipinski definition) is 7. The lowest BCUT2D eigenvalue weighted by Crippen LogP contribution is -2.11. The summed E-state index contributed by atoms with van der Waals surface area (Å²) in [5.74, 6) is 0.323. The van der Waals surface area contributed by atoms with Gasteiger partial charge in [-0.25, -0.2) is 14.8 Å². The summed E-state index contributed by atoms with van der Waals surface area (Å²) in [5.41, 5.74) is 2.61. The van der Waals surface area contributed by atoms with Gasteiger partial charge >= 0.3 is 6.09 Å². The first-order valence-electron chi connectivity index (χ1n) is 7.86. The van der Waals surface area contributed by atoms with Crippen LogP contribution in [0.25, 0.3) is 34.1 Å². The molecule has 0 saturated heterocycles. The summed E-state index contributed by atoms with van der Waals surface area (Å²) >= 11 is 6.24. The van der Waals surface area contributed by atoms with Crippen molar-refractivity contribution in [3.63, 3.8) is 0 Å². The largest absolute Gasteiger partial charge is 0.453 e. The monoisotopic (exact) mass is 381 g/mol. The lowest BCUT2D eigenvalue weighted by Gasteiger charge is -2.06. The molecule has 134 valence electrons. The highest BCUT2D eigenvalue weighted by Crippen LogP contribution is 2.31. The van der Waals surface area contributed by atoms with Crippen LogP contribution in [0, 0.1) is 0 Å². The van der Waals surface area contributed by atoms with Crippen LogP contribution in [0.3, 0.4) is 0 Å². The number of halogens is 1. The van der Waals surface area contributed by atoms with Gasteiger partial charge in [0.05, 0.1) is 29.4 Å². The van der Waals surface area contributed by atoms with Gasteiger partial charge in [-0.05, 0) is 24.3 Å². The number of carbonyl (C=O) groups excluding carboxylic acids is 1. The summed E-state index contributed by atoms with van der Waals surface area (Å²) in [6.45, 7) is 0. The Bertz CT molecular complexity index is 1140. The van der Waals surface area contributed by atoms with Gasteiger partial charge in [-0.1, -0.05) is 35.9 Å². The normalized spacial score (nSPS) is 10.7. The molecule has 1 amide bonds. The summed E-state index contributed by atoms with van der Waals surface area (Å²) in [5, 5.41) is 10.8. The zero-order valence-corrected chi connectivity index (χ0v) is 14.8. The Hall–Kier alpha value is -3.52. The summed E-state index contributed by atoms with van der Waals surface area (Å²) < 4.78 is 10.4. The van der Waals surface area contributed by atoms with Gasteiger partial charge in [0.2, 0.25) is 5.89 Å². The van der Waals surface area contributed by atoms with Crippen LogP contribution in [0.2, 0.25) is 5.15 Å². The van der Waals surface area contributed by atoms with E-state index in [0.29, 0.717) is 22.3 Å². The van der Waals surface area contributed by atoms with Crippen LogP contribution >= 0.6 is 11.6 Å². The molecule has 4 rings (SSSR count). The quantitative estimate of drug-likeness (QED) is 0.567. The predicted molar refractivity (Wildman–Crippen MR) is 99.3 cm³/mol. The molecule has 0 aliphatic carbocycles. The Labute approximate surface area is 158 Å². The van der Waals surface area contributed by atoms with Crippen molar-refractivity contribution in [1.29, 1.82) is 0 Å². The Morgan fingerprint density at radius 2 is 1.67 bits per heavy atom. The van der Waals surface area contributed by atoms with Gasteiger partial charge in [-0.2, -0.15) is 0 Å². The van der Waals surface area contributed by atoms with E-state index >= 15 is 0 Å². The highest BCUT2D eigenvalue weighted by Gasteiger charge is 2.19. The zero-order valence-electron chi connectivity index (χ0n) is 14.0. The maximum Gasteiger partial charge on any atom is 0.411 e. The number of ether oxygens (including phenoxy) is 1. The first kappa shape index (κ1) is 16.9.